The van der Waals surface area contributed by atoms with Gasteiger partial charge in [-0.25, -0.2) is 9.97 Å². The zero-order chi connectivity index (χ0) is 18.6. The lowest BCUT2D eigenvalue weighted by Gasteiger charge is -2.31. The van der Waals surface area contributed by atoms with Gasteiger partial charge in [0.1, 0.15) is 18.1 Å². The second-order valence-corrected chi connectivity index (χ2v) is 6.87. The van der Waals surface area contributed by atoms with Gasteiger partial charge < -0.3 is 9.67 Å². The number of rotatable bonds is 5. The highest BCUT2D eigenvalue weighted by molar-refractivity contribution is 5.47. The molecule has 3 aromatic rings. The maximum atomic E-state index is 9.28. The molecule has 1 fully saturated rings. The Hall–Kier alpha value is -2.71. The molecule has 3 aromatic heterocycles. The second-order valence-electron chi connectivity index (χ2n) is 6.87. The van der Waals surface area contributed by atoms with Gasteiger partial charge in [-0.15, -0.1) is 10.2 Å². The van der Waals surface area contributed by atoms with E-state index in [4.69, 9.17) is 0 Å². The van der Waals surface area contributed by atoms with Crippen LogP contribution in [0.3, 0.4) is 0 Å². The number of nitrogens with zero attached hydrogens (tertiary/aromatic N) is 7. The van der Waals surface area contributed by atoms with Crippen molar-refractivity contribution in [3.63, 3.8) is 0 Å². The zero-order valence-corrected chi connectivity index (χ0v) is 15.4. The Bertz CT molecular complexity index is 871. The number of piperidine rings is 1. The summed E-state index contributed by atoms with van der Waals surface area (Å²) in [6.45, 7) is 2.76. The first-order chi connectivity index (χ1) is 13.2. The highest BCUT2D eigenvalue weighted by Gasteiger charge is 2.25. The van der Waals surface area contributed by atoms with Crippen LogP contribution in [-0.2, 0) is 20.2 Å². The fourth-order valence-corrected chi connectivity index (χ4v) is 3.54. The van der Waals surface area contributed by atoms with Gasteiger partial charge in [-0.1, -0.05) is 6.07 Å². The van der Waals surface area contributed by atoms with Crippen molar-refractivity contribution in [1.29, 1.82) is 0 Å². The van der Waals surface area contributed by atoms with E-state index in [1.165, 1.54) is 0 Å². The summed E-state index contributed by atoms with van der Waals surface area (Å²) in [6, 6.07) is 5.73. The molecule has 4 rings (SSSR count). The van der Waals surface area contributed by atoms with Crippen LogP contribution in [0.1, 0.15) is 36.0 Å². The van der Waals surface area contributed by atoms with Crippen LogP contribution in [0, 0.1) is 0 Å². The lowest BCUT2D eigenvalue weighted by atomic mass is 9.95. The van der Waals surface area contributed by atoms with Gasteiger partial charge in [0.05, 0.1) is 0 Å². The lowest BCUT2D eigenvalue weighted by Crippen LogP contribution is -2.33. The Balaban J connectivity index is 1.34. The number of pyridine rings is 1. The first-order valence-electron chi connectivity index (χ1n) is 9.18. The van der Waals surface area contributed by atoms with Crippen LogP contribution >= 0.6 is 0 Å². The molecular formula is C19H23N7O. The van der Waals surface area contributed by atoms with E-state index in [-0.39, 0.29) is 6.61 Å². The molecule has 0 spiro atoms. The highest BCUT2D eigenvalue weighted by Crippen LogP contribution is 2.27. The molecule has 0 radical (unpaired) electrons. The number of aliphatic hydroxyl groups excluding tert-OH is 1. The topological polar surface area (TPSA) is 92.8 Å². The molecule has 1 saturated heterocycles. The molecule has 0 amide bonds. The van der Waals surface area contributed by atoms with Gasteiger partial charge >= 0.3 is 0 Å². The summed E-state index contributed by atoms with van der Waals surface area (Å²) in [4.78, 5) is 15.6. The van der Waals surface area contributed by atoms with E-state index >= 15 is 0 Å². The van der Waals surface area contributed by atoms with Crippen LogP contribution in [0.25, 0.3) is 11.5 Å². The van der Waals surface area contributed by atoms with Crippen LogP contribution in [0.15, 0.2) is 36.8 Å². The van der Waals surface area contributed by atoms with Crippen molar-refractivity contribution in [2.75, 3.05) is 13.1 Å². The highest BCUT2D eigenvalue weighted by atomic mass is 16.3. The largest absolute Gasteiger partial charge is 0.388 e. The van der Waals surface area contributed by atoms with Crippen molar-refractivity contribution in [2.45, 2.75) is 31.9 Å². The maximum absolute atomic E-state index is 9.28. The van der Waals surface area contributed by atoms with Gasteiger partial charge in [-0.05, 0) is 38.1 Å². The molecule has 8 heteroatoms. The van der Waals surface area contributed by atoms with Crippen molar-refractivity contribution in [1.82, 2.24) is 34.6 Å². The molecule has 1 aliphatic rings. The number of hydrogen-bond acceptors (Lipinski definition) is 7. The predicted molar refractivity (Wildman–Crippen MR) is 99.4 cm³/mol. The van der Waals surface area contributed by atoms with E-state index < -0.39 is 0 Å². The molecule has 0 aliphatic carbocycles. The molecule has 0 aromatic carbocycles. The van der Waals surface area contributed by atoms with Gasteiger partial charge in [0.15, 0.2) is 11.6 Å². The van der Waals surface area contributed by atoms with Crippen molar-refractivity contribution in [2.24, 2.45) is 7.05 Å². The maximum Gasteiger partial charge on any atom is 0.178 e. The fraction of sp³-hybridized carbons (Fsp3) is 0.421. The summed E-state index contributed by atoms with van der Waals surface area (Å²) in [5.41, 5.74) is 1.89. The van der Waals surface area contributed by atoms with Crippen molar-refractivity contribution in [3.05, 3.63) is 54.0 Å². The quantitative estimate of drug-likeness (QED) is 0.733. The van der Waals surface area contributed by atoms with E-state index in [1.807, 2.05) is 42.2 Å². The minimum absolute atomic E-state index is 0.0726. The van der Waals surface area contributed by atoms with Gasteiger partial charge in [-0.2, -0.15) is 0 Å². The summed E-state index contributed by atoms with van der Waals surface area (Å²) >= 11 is 0. The van der Waals surface area contributed by atoms with Crippen LogP contribution in [0.2, 0.25) is 0 Å². The zero-order valence-electron chi connectivity index (χ0n) is 15.4. The Morgan fingerprint density at radius 2 is 1.85 bits per heavy atom. The summed E-state index contributed by atoms with van der Waals surface area (Å²) in [5.74, 6) is 2.64. The number of aromatic nitrogens is 6. The SMILES string of the molecule is Cn1c(CO)nnc1C1CCN(Cc2cnc(-c3ccccn3)nc2)CC1. The normalized spacial score (nSPS) is 15.9. The first-order valence-corrected chi connectivity index (χ1v) is 9.18. The van der Waals surface area contributed by atoms with Crippen LogP contribution in [0.4, 0.5) is 0 Å². The van der Waals surface area contributed by atoms with E-state index in [0.29, 0.717) is 17.6 Å². The molecule has 4 heterocycles. The molecule has 1 aliphatic heterocycles. The van der Waals surface area contributed by atoms with Crippen molar-refractivity contribution >= 4 is 0 Å². The molecular weight excluding hydrogens is 342 g/mol. The average molecular weight is 365 g/mol. The Morgan fingerprint density at radius 1 is 1.07 bits per heavy atom. The lowest BCUT2D eigenvalue weighted by molar-refractivity contribution is 0.199. The molecule has 0 saturated carbocycles. The molecule has 0 bridgehead atoms. The molecule has 0 atom stereocenters. The smallest absolute Gasteiger partial charge is 0.178 e. The van der Waals surface area contributed by atoms with Crippen molar-refractivity contribution < 1.29 is 5.11 Å². The fourth-order valence-electron chi connectivity index (χ4n) is 3.54. The van der Waals surface area contributed by atoms with Crippen LogP contribution in [0.5, 0.6) is 0 Å². The average Bonchev–Trinajstić information content (AvgIpc) is 3.10. The van der Waals surface area contributed by atoms with Crippen LogP contribution < -0.4 is 0 Å². The van der Waals surface area contributed by atoms with Crippen LogP contribution in [-0.4, -0.2) is 52.8 Å². The van der Waals surface area contributed by atoms with Gasteiger partial charge in [-0.3, -0.25) is 9.88 Å². The number of aliphatic hydroxyl groups is 1. The monoisotopic (exact) mass is 365 g/mol. The summed E-state index contributed by atoms with van der Waals surface area (Å²) in [6.07, 6.45) is 7.59. The van der Waals surface area contributed by atoms with Gasteiger partial charge in [0.25, 0.3) is 0 Å². The minimum Gasteiger partial charge on any atom is -0.388 e. The third kappa shape index (κ3) is 3.86. The molecule has 140 valence electrons. The molecule has 1 N–H and O–H groups in total. The van der Waals surface area contributed by atoms with Crippen molar-refractivity contribution in [3.8, 4) is 11.5 Å². The van der Waals surface area contributed by atoms with E-state index in [0.717, 1.165) is 49.6 Å². The minimum atomic E-state index is -0.0726. The summed E-state index contributed by atoms with van der Waals surface area (Å²) < 4.78 is 1.92. The van der Waals surface area contributed by atoms with E-state index in [9.17, 15) is 5.11 Å². The van der Waals surface area contributed by atoms with E-state index in [2.05, 4.69) is 30.0 Å². The molecule has 0 unspecified atom stereocenters. The summed E-state index contributed by atoms with van der Waals surface area (Å²) in [7, 11) is 1.92. The molecule has 27 heavy (non-hydrogen) atoms. The standard InChI is InChI=1S/C19H23N7O/c1-25-17(13-27)23-24-19(25)15-5-8-26(9-6-15)12-14-10-21-18(22-11-14)16-4-2-3-7-20-16/h2-4,7,10-11,15,27H,5-6,8-9,12-13H2,1H3. The molecule has 8 nitrogen and oxygen atoms in total. The number of likely N-dealkylation sites (tertiary alicyclic amines) is 1. The predicted octanol–water partition coefficient (Wildman–Crippen LogP) is 1.54. The first kappa shape index (κ1) is 17.7. The van der Waals surface area contributed by atoms with Gasteiger partial charge in [0, 0.05) is 43.7 Å². The second kappa shape index (κ2) is 7.89. The Morgan fingerprint density at radius 3 is 2.48 bits per heavy atom. The van der Waals surface area contributed by atoms with Gasteiger partial charge in [0.2, 0.25) is 0 Å². The third-order valence-corrected chi connectivity index (χ3v) is 5.10. The van der Waals surface area contributed by atoms with E-state index in [1.54, 1.807) is 6.20 Å². The summed E-state index contributed by atoms with van der Waals surface area (Å²) in [5, 5.41) is 17.6. The Kier molecular flexibility index (Phi) is 5.17. The third-order valence-electron chi connectivity index (χ3n) is 5.10. The Labute approximate surface area is 157 Å². The number of hydrogen-bond donors (Lipinski definition) is 1.